The van der Waals surface area contributed by atoms with Crippen LogP contribution in [0.2, 0.25) is 0 Å². The summed E-state index contributed by atoms with van der Waals surface area (Å²) in [5.41, 5.74) is 10.7. The van der Waals surface area contributed by atoms with Crippen LogP contribution in [0.15, 0.2) is 176 Å². The van der Waals surface area contributed by atoms with Gasteiger partial charge in [-0.1, -0.05) is 115 Å². The Balaban J connectivity index is 1.29. The summed E-state index contributed by atoms with van der Waals surface area (Å²) in [6, 6.07) is 64.1. The van der Waals surface area contributed by atoms with E-state index in [2.05, 4.69) is 190 Å². The first kappa shape index (κ1) is 26.5. The van der Waals surface area contributed by atoms with Crippen LogP contribution in [0.1, 0.15) is 0 Å². The van der Waals surface area contributed by atoms with Crippen molar-refractivity contribution in [2.45, 2.75) is 0 Å². The standard InChI is InChI=1S/C46H29N3/c1-3-14-31(15-4-1)47(32-16-5-2-6-17-32)33-18-11-19-34(29-33)48-41-24-12-22-37-36-21-9-10-23-40(36)49-45-35-20-8-7-13-30(35)25-26-38(45)39-27-28-42(48)44(43(37)41)46(39)49/h1-29H. The maximum Gasteiger partial charge on any atom is 0.0642 e. The van der Waals surface area contributed by atoms with Crippen molar-refractivity contribution in [3.05, 3.63) is 176 Å². The Morgan fingerprint density at radius 1 is 0.347 bits per heavy atom. The lowest BCUT2D eigenvalue weighted by molar-refractivity contribution is 1.17. The van der Waals surface area contributed by atoms with Crippen LogP contribution >= 0.6 is 0 Å². The van der Waals surface area contributed by atoms with Gasteiger partial charge in [-0.25, -0.2) is 0 Å². The highest BCUT2D eigenvalue weighted by Gasteiger charge is 2.24. The second kappa shape index (κ2) is 9.96. The minimum absolute atomic E-state index is 1.11. The molecule has 0 radical (unpaired) electrons. The van der Waals surface area contributed by atoms with Gasteiger partial charge >= 0.3 is 0 Å². The summed E-state index contributed by atoms with van der Waals surface area (Å²) in [5.74, 6) is 0. The average molecular weight is 624 g/mol. The largest absolute Gasteiger partial charge is 0.310 e. The third-order valence-electron chi connectivity index (χ3n) is 10.4. The second-order valence-electron chi connectivity index (χ2n) is 13.0. The topological polar surface area (TPSA) is 12.6 Å². The Kier molecular flexibility index (Phi) is 5.38. The van der Waals surface area contributed by atoms with Crippen LogP contribution in [-0.4, -0.2) is 8.97 Å². The minimum Gasteiger partial charge on any atom is -0.310 e. The van der Waals surface area contributed by atoms with E-state index in [0.29, 0.717) is 0 Å². The maximum atomic E-state index is 2.55. The number of para-hydroxylation sites is 3. The molecule has 0 saturated carbocycles. The molecule has 0 fully saturated rings. The highest BCUT2D eigenvalue weighted by molar-refractivity contribution is 6.34. The molecule has 0 N–H and O–H groups in total. The molecular formula is C46H29N3. The van der Waals surface area contributed by atoms with Gasteiger partial charge in [0.05, 0.1) is 27.6 Å². The average Bonchev–Trinajstić information content (AvgIpc) is 3.65. The molecule has 8 aromatic carbocycles. The number of benzene rings is 8. The lowest BCUT2D eigenvalue weighted by Crippen LogP contribution is -2.10. The summed E-state index contributed by atoms with van der Waals surface area (Å²) in [7, 11) is 0. The van der Waals surface area contributed by atoms with E-state index in [0.717, 1.165) is 22.7 Å². The van der Waals surface area contributed by atoms with Gasteiger partial charge in [-0.3, -0.25) is 0 Å². The zero-order valence-corrected chi connectivity index (χ0v) is 26.6. The molecule has 228 valence electrons. The van der Waals surface area contributed by atoms with Crippen molar-refractivity contribution in [2.75, 3.05) is 4.90 Å². The van der Waals surface area contributed by atoms with Gasteiger partial charge in [-0.2, -0.15) is 0 Å². The summed E-state index contributed by atoms with van der Waals surface area (Å²) in [6.07, 6.45) is 0. The molecule has 0 unspecified atom stereocenters. The SMILES string of the molecule is c1ccc(N(c2ccccc2)c2cccc(-n3c4cccc5c6ccccc6n6c7c8ccccc8ccc7c7ccc3c(c54)c76)c2)cc1. The molecule has 0 aliphatic carbocycles. The smallest absolute Gasteiger partial charge is 0.0642 e. The number of hydrogen-bond donors (Lipinski definition) is 0. The van der Waals surface area contributed by atoms with Crippen LogP contribution in [0.25, 0.3) is 76.4 Å². The van der Waals surface area contributed by atoms with Crippen LogP contribution in [0.5, 0.6) is 0 Å². The van der Waals surface area contributed by atoms with Gasteiger partial charge in [0.25, 0.3) is 0 Å². The third-order valence-corrected chi connectivity index (χ3v) is 10.4. The summed E-state index contributed by atoms with van der Waals surface area (Å²) in [5, 5.41) is 10.2. The molecule has 0 spiro atoms. The van der Waals surface area contributed by atoms with Crippen molar-refractivity contribution >= 4 is 87.7 Å². The molecular weight excluding hydrogens is 595 g/mol. The number of anilines is 3. The molecule has 3 heteroatoms. The van der Waals surface area contributed by atoms with Crippen LogP contribution in [0, 0.1) is 0 Å². The Bertz CT molecular complexity index is 3000. The number of aromatic nitrogens is 2. The lowest BCUT2D eigenvalue weighted by atomic mass is 10.0. The Labute approximate surface area is 282 Å². The van der Waals surface area contributed by atoms with Crippen LogP contribution < -0.4 is 4.90 Å². The minimum atomic E-state index is 1.11. The highest BCUT2D eigenvalue weighted by atomic mass is 15.1. The summed E-state index contributed by atoms with van der Waals surface area (Å²) in [4.78, 5) is 2.34. The fourth-order valence-corrected chi connectivity index (χ4v) is 8.42. The van der Waals surface area contributed by atoms with E-state index in [1.807, 2.05) is 0 Å². The molecule has 0 bridgehead atoms. The molecule has 11 aromatic rings. The zero-order chi connectivity index (χ0) is 32.1. The summed E-state index contributed by atoms with van der Waals surface area (Å²) in [6.45, 7) is 0. The molecule has 0 saturated heterocycles. The highest BCUT2D eigenvalue weighted by Crippen LogP contribution is 2.46. The zero-order valence-electron chi connectivity index (χ0n) is 26.6. The van der Waals surface area contributed by atoms with Gasteiger partial charge in [0.1, 0.15) is 0 Å². The fraction of sp³-hybridized carbons (Fsp3) is 0. The van der Waals surface area contributed by atoms with Crippen LogP contribution in [0.4, 0.5) is 17.1 Å². The van der Waals surface area contributed by atoms with Crippen molar-refractivity contribution in [1.29, 1.82) is 0 Å². The summed E-state index contributed by atoms with van der Waals surface area (Å²) < 4.78 is 5.02. The molecule has 0 aliphatic heterocycles. The predicted octanol–water partition coefficient (Wildman–Crippen LogP) is 12.6. The van der Waals surface area contributed by atoms with Crippen molar-refractivity contribution in [3.8, 4) is 5.69 Å². The Morgan fingerprint density at radius 2 is 0.939 bits per heavy atom. The number of nitrogens with zero attached hydrogens (tertiary/aromatic N) is 3. The first-order valence-corrected chi connectivity index (χ1v) is 16.9. The molecule has 49 heavy (non-hydrogen) atoms. The Morgan fingerprint density at radius 3 is 1.76 bits per heavy atom. The quantitative estimate of drug-likeness (QED) is 0.190. The summed E-state index contributed by atoms with van der Waals surface area (Å²) >= 11 is 0. The molecule has 0 atom stereocenters. The van der Waals surface area contributed by atoms with Crippen molar-refractivity contribution in [3.63, 3.8) is 0 Å². The number of hydrogen-bond acceptors (Lipinski definition) is 1. The second-order valence-corrected chi connectivity index (χ2v) is 13.0. The first-order chi connectivity index (χ1) is 24.3. The monoisotopic (exact) mass is 623 g/mol. The van der Waals surface area contributed by atoms with Crippen LogP contribution in [0.3, 0.4) is 0 Å². The molecule has 3 nitrogen and oxygen atoms in total. The molecule has 11 rings (SSSR count). The van der Waals surface area contributed by atoms with Crippen molar-refractivity contribution < 1.29 is 0 Å². The molecule has 0 amide bonds. The lowest BCUT2D eigenvalue weighted by Gasteiger charge is -2.26. The van der Waals surface area contributed by atoms with E-state index in [1.165, 1.54) is 70.7 Å². The first-order valence-electron chi connectivity index (χ1n) is 16.9. The molecule has 3 heterocycles. The van der Waals surface area contributed by atoms with E-state index < -0.39 is 0 Å². The third kappa shape index (κ3) is 3.62. The molecule has 3 aromatic heterocycles. The Hall–Kier alpha value is -6.58. The van der Waals surface area contributed by atoms with E-state index in [1.54, 1.807) is 0 Å². The van der Waals surface area contributed by atoms with Gasteiger partial charge in [-0.05, 0) is 71.4 Å². The van der Waals surface area contributed by atoms with Gasteiger partial charge < -0.3 is 13.9 Å². The fourth-order valence-electron chi connectivity index (χ4n) is 8.42. The normalized spacial score (nSPS) is 12.1. The maximum absolute atomic E-state index is 2.55. The van der Waals surface area contributed by atoms with E-state index in [4.69, 9.17) is 0 Å². The van der Waals surface area contributed by atoms with E-state index >= 15 is 0 Å². The molecule has 0 aliphatic rings. The predicted molar refractivity (Wildman–Crippen MR) is 208 cm³/mol. The van der Waals surface area contributed by atoms with Crippen LogP contribution in [-0.2, 0) is 0 Å². The van der Waals surface area contributed by atoms with Crippen molar-refractivity contribution in [1.82, 2.24) is 8.97 Å². The number of fused-ring (bicyclic) bond motifs is 8. The van der Waals surface area contributed by atoms with Gasteiger partial charge in [-0.15, -0.1) is 0 Å². The van der Waals surface area contributed by atoms with Gasteiger partial charge in [0.15, 0.2) is 0 Å². The van der Waals surface area contributed by atoms with E-state index in [-0.39, 0.29) is 0 Å². The van der Waals surface area contributed by atoms with Gasteiger partial charge in [0, 0.05) is 55.1 Å². The van der Waals surface area contributed by atoms with Gasteiger partial charge in [0.2, 0.25) is 0 Å². The van der Waals surface area contributed by atoms with Crippen molar-refractivity contribution in [2.24, 2.45) is 0 Å². The number of rotatable bonds is 4. The van der Waals surface area contributed by atoms with E-state index in [9.17, 15) is 0 Å².